The van der Waals surface area contributed by atoms with Gasteiger partial charge in [-0.3, -0.25) is 10.2 Å². The summed E-state index contributed by atoms with van der Waals surface area (Å²) < 4.78 is 0. The minimum Gasteiger partial charge on any atom is -0.506 e. The van der Waals surface area contributed by atoms with Crippen LogP contribution >= 0.6 is 0 Å². The van der Waals surface area contributed by atoms with Crippen molar-refractivity contribution < 1.29 is 9.90 Å². The minimum atomic E-state index is -0.790. The van der Waals surface area contributed by atoms with E-state index in [1.807, 2.05) is 18.2 Å². The topological polar surface area (TPSA) is 132 Å². The van der Waals surface area contributed by atoms with Crippen molar-refractivity contribution in [2.24, 2.45) is 5.11 Å². The van der Waals surface area contributed by atoms with E-state index in [0.717, 1.165) is 48.5 Å². The molecule has 0 bridgehead atoms. The van der Waals surface area contributed by atoms with E-state index in [1.54, 1.807) is 12.1 Å². The van der Waals surface area contributed by atoms with E-state index in [0.29, 0.717) is 16.6 Å². The Kier molecular flexibility index (Phi) is 4.36. The summed E-state index contributed by atoms with van der Waals surface area (Å²) in [5, 5.41) is 27.4. The van der Waals surface area contributed by atoms with E-state index in [1.165, 1.54) is 5.69 Å². The monoisotopic (exact) mass is 403 g/mol. The summed E-state index contributed by atoms with van der Waals surface area (Å²) in [5.74, 6) is 0.0690. The number of carbonyl (C=O) groups excluding carboxylic acids is 1. The number of aromatic amines is 2. The molecule has 5 rings (SSSR count). The fourth-order valence-electron chi connectivity index (χ4n) is 4.18. The second-order valence-electron chi connectivity index (χ2n) is 7.28. The SMILES string of the molecule is N=NC(=O)Nc1cccc2c3[nH][nH]c(-c4ccc(N5CCNCC5)cc4)c-3c(O)c12. The lowest BCUT2D eigenvalue weighted by molar-refractivity contribution is 0.258. The molecule has 0 atom stereocenters. The zero-order valence-electron chi connectivity index (χ0n) is 16.1. The number of carbonyl (C=O) groups is 1. The van der Waals surface area contributed by atoms with Crippen LogP contribution in [0.15, 0.2) is 47.6 Å². The van der Waals surface area contributed by atoms with Crippen LogP contribution in [0.2, 0.25) is 0 Å². The molecule has 2 amide bonds. The number of hydrogen-bond donors (Lipinski definition) is 6. The molecule has 9 nitrogen and oxygen atoms in total. The predicted molar refractivity (Wildman–Crippen MR) is 116 cm³/mol. The maximum Gasteiger partial charge on any atom is 0.363 e. The van der Waals surface area contributed by atoms with Gasteiger partial charge in [-0.1, -0.05) is 29.4 Å². The second kappa shape index (κ2) is 7.20. The smallest absolute Gasteiger partial charge is 0.363 e. The van der Waals surface area contributed by atoms with E-state index in [2.05, 4.69) is 43.0 Å². The molecule has 0 spiro atoms. The van der Waals surface area contributed by atoms with Crippen molar-refractivity contribution in [1.82, 2.24) is 15.5 Å². The molecule has 0 saturated carbocycles. The van der Waals surface area contributed by atoms with Gasteiger partial charge in [0, 0.05) is 42.8 Å². The standard InChI is InChI=1S/C21H21N7O2/c22-25-21(30)24-15-3-1-2-14-16(15)20(29)17-18(26-27-19(14)17)12-4-6-13(7-5-12)28-10-8-23-9-11-28/h1-7,22-23,26-27,29H,8-11H2,(H,24,30). The van der Waals surface area contributed by atoms with Gasteiger partial charge in [0.1, 0.15) is 5.75 Å². The van der Waals surface area contributed by atoms with Crippen molar-refractivity contribution in [1.29, 1.82) is 5.53 Å². The third-order valence-electron chi connectivity index (χ3n) is 5.60. The molecule has 2 aromatic carbocycles. The number of hydrogen-bond acceptors (Lipinski definition) is 5. The van der Waals surface area contributed by atoms with E-state index in [9.17, 15) is 9.90 Å². The molecule has 2 aliphatic heterocycles. The molecule has 1 saturated heterocycles. The third-order valence-corrected chi connectivity index (χ3v) is 5.60. The highest BCUT2D eigenvalue weighted by Gasteiger charge is 2.26. The van der Waals surface area contributed by atoms with Crippen LogP contribution in [0, 0.1) is 5.53 Å². The Hall–Kier alpha value is -3.85. The van der Waals surface area contributed by atoms with Crippen LogP contribution in [0.1, 0.15) is 0 Å². The number of nitrogens with one attached hydrogen (secondary N) is 5. The number of rotatable bonds is 3. The highest BCUT2D eigenvalue weighted by Crippen LogP contribution is 2.49. The number of fused-ring (bicyclic) bond motifs is 3. The van der Waals surface area contributed by atoms with Crippen LogP contribution in [0.3, 0.4) is 0 Å². The zero-order valence-corrected chi connectivity index (χ0v) is 16.1. The van der Waals surface area contributed by atoms with Gasteiger partial charge in [0.15, 0.2) is 0 Å². The molecule has 0 aromatic heterocycles. The van der Waals surface area contributed by atoms with Gasteiger partial charge in [0.25, 0.3) is 0 Å². The van der Waals surface area contributed by atoms with Crippen LogP contribution < -0.4 is 15.5 Å². The molecule has 3 aliphatic rings. The lowest BCUT2D eigenvalue weighted by atomic mass is 10.1. The van der Waals surface area contributed by atoms with Crippen molar-refractivity contribution in [2.75, 3.05) is 36.4 Å². The highest BCUT2D eigenvalue weighted by atomic mass is 16.3. The summed E-state index contributed by atoms with van der Waals surface area (Å²) >= 11 is 0. The van der Waals surface area contributed by atoms with Gasteiger partial charge in [-0.15, -0.1) is 0 Å². The summed E-state index contributed by atoms with van der Waals surface area (Å²) in [6.07, 6.45) is 0. The van der Waals surface area contributed by atoms with Crippen molar-refractivity contribution in [3.63, 3.8) is 0 Å². The van der Waals surface area contributed by atoms with Crippen molar-refractivity contribution in [2.45, 2.75) is 0 Å². The summed E-state index contributed by atoms with van der Waals surface area (Å²) in [4.78, 5) is 13.9. The van der Waals surface area contributed by atoms with Crippen LogP contribution in [0.5, 0.6) is 5.75 Å². The van der Waals surface area contributed by atoms with Crippen LogP contribution in [0.4, 0.5) is 16.2 Å². The molecule has 0 unspecified atom stereocenters. The molecule has 2 aromatic rings. The van der Waals surface area contributed by atoms with Crippen LogP contribution in [0.25, 0.3) is 33.3 Å². The number of piperazine rings is 1. The first-order valence-corrected chi connectivity index (χ1v) is 9.75. The molecular weight excluding hydrogens is 382 g/mol. The Morgan fingerprint density at radius 3 is 2.53 bits per heavy atom. The van der Waals surface area contributed by atoms with Gasteiger partial charge >= 0.3 is 6.03 Å². The first kappa shape index (κ1) is 18.2. The average molecular weight is 403 g/mol. The summed E-state index contributed by atoms with van der Waals surface area (Å²) in [5.41, 5.74) is 11.6. The predicted octanol–water partition coefficient (Wildman–Crippen LogP) is 3.95. The number of amides is 2. The first-order valence-electron chi connectivity index (χ1n) is 9.75. The molecule has 1 aliphatic carbocycles. The summed E-state index contributed by atoms with van der Waals surface area (Å²) in [7, 11) is 0. The molecule has 0 radical (unpaired) electrons. The van der Waals surface area contributed by atoms with Crippen molar-refractivity contribution >= 4 is 28.2 Å². The largest absolute Gasteiger partial charge is 0.506 e. The van der Waals surface area contributed by atoms with Gasteiger partial charge in [-0.05, 0) is 18.2 Å². The average Bonchev–Trinajstić information content (AvgIpc) is 3.35. The van der Waals surface area contributed by atoms with Gasteiger partial charge < -0.3 is 20.6 Å². The maximum absolute atomic E-state index is 11.6. The number of nitrogens with zero attached hydrogens (tertiary/aromatic N) is 2. The third kappa shape index (κ3) is 2.87. The normalized spacial score (nSPS) is 14.3. The molecule has 9 heteroatoms. The van der Waals surface area contributed by atoms with Gasteiger partial charge in [0.2, 0.25) is 0 Å². The lowest BCUT2D eigenvalue weighted by Crippen LogP contribution is -2.43. The highest BCUT2D eigenvalue weighted by molar-refractivity contribution is 6.16. The minimum absolute atomic E-state index is 0.0690. The van der Waals surface area contributed by atoms with E-state index in [4.69, 9.17) is 5.53 Å². The quantitative estimate of drug-likeness (QED) is 0.289. The Bertz CT molecular complexity index is 1200. The van der Waals surface area contributed by atoms with Gasteiger partial charge in [-0.25, -0.2) is 4.79 Å². The number of anilines is 2. The summed E-state index contributed by atoms with van der Waals surface area (Å²) in [6.45, 7) is 3.92. The van der Waals surface area contributed by atoms with Gasteiger partial charge in [0.05, 0.1) is 28.0 Å². The van der Waals surface area contributed by atoms with E-state index in [-0.39, 0.29) is 5.75 Å². The molecule has 152 valence electrons. The van der Waals surface area contributed by atoms with Crippen LogP contribution in [-0.2, 0) is 0 Å². The Morgan fingerprint density at radius 1 is 1.07 bits per heavy atom. The van der Waals surface area contributed by atoms with Crippen molar-refractivity contribution in [3.05, 3.63) is 42.5 Å². The van der Waals surface area contributed by atoms with Crippen LogP contribution in [-0.4, -0.2) is 47.5 Å². The number of aromatic nitrogens is 2. The van der Waals surface area contributed by atoms with Crippen molar-refractivity contribution in [3.8, 4) is 28.3 Å². The van der Waals surface area contributed by atoms with E-state index < -0.39 is 6.03 Å². The fourth-order valence-corrected chi connectivity index (χ4v) is 4.18. The molecular formula is C21H21N7O2. The lowest BCUT2D eigenvalue weighted by Gasteiger charge is -2.29. The first-order chi connectivity index (χ1) is 14.7. The zero-order chi connectivity index (χ0) is 20.7. The van der Waals surface area contributed by atoms with Gasteiger partial charge in [-0.2, -0.15) is 5.53 Å². The maximum atomic E-state index is 11.6. The number of urea groups is 1. The Labute approximate surface area is 171 Å². The Balaban J connectivity index is 1.56. The van der Waals surface area contributed by atoms with E-state index >= 15 is 0 Å². The molecule has 6 N–H and O–H groups in total. The number of aromatic hydroxyl groups is 1. The Morgan fingerprint density at radius 2 is 1.80 bits per heavy atom. The fraction of sp³-hybridized carbons (Fsp3) is 0.190. The number of H-pyrrole nitrogens is 2. The molecule has 1 fully saturated rings. The summed E-state index contributed by atoms with van der Waals surface area (Å²) in [6, 6.07) is 12.8. The number of benzene rings is 2. The molecule has 2 heterocycles. The second-order valence-corrected chi connectivity index (χ2v) is 7.28. The molecule has 30 heavy (non-hydrogen) atoms.